The summed E-state index contributed by atoms with van der Waals surface area (Å²) in [4.78, 5) is 2.25. The molecule has 2 heterocycles. The fourth-order valence-electron chi connectivity index (χ4n) is 2.65. The van der Waals surface area contributed by atoms with Crippen LogP contribution in [0, 0.1) is 0 Å². The molecule has 8 heteroatoms. The summed E-state index contributed by atoms with van der Waals surface area (Å²) in [5, 5.41) is 9.10. The zero-order valence-corrected chi connectivity index (χ0v) is 14.7. The lowest BCUT2D eigenvalue weighted by Gasteiger charge is -2.28. The second kappa shape index (κ2) is 6.78. The average molecular weight is 381 g/mol. The zero-order chi connectivity index (χ0) is 15.6. The van der Waals surface area contributed by atoms with E-state index in [9.17, 15) is 8.42 Å². The van der Waals surface area contributed by atoms with Crippen molar-refractivity contribution in [3.63, 3.8) is 0 Å². The molecule has 0 aliphatic carbocycles. The summed E-state index contributed by atoms with van der Waals surface area (Å²) in [6.45, 7) is 3.77. The van der Waals surface area contributed by atoms with E-state index in [2.05, 4.69) is 20.8 Å². The third kappa shape index (κ3) is 3.50. The van der Waals surface area contributed by atoms with Gasteiger partial charge in [-0.15, -0.1) is 0 Å². The lowest BCUT2D eigenvalue weighted by molar-refractivity contribution is 0.244. The summed E-state index contributed by atoms with van der Waals surface area (Å²) >= 11 is 3.14. The molecular formula is C13H21BrN2O4S. The Balaban J connectivity index is 2.38. The molecule has 1 N–H and O–H groups in total. The summed E-state index contributed by atoms with van der Waals surface area (Å²) in [7, 11) is -1.62. The highest BCUT2D eigenvalue weighted by molar-refractivity contribution is 9.10. The van der Waals surface area contributed by atoms with Gasteiger partial charge in [-0.25, -0.2) is 8.42 Å². The van der Waals surface area contributed by atoms with Crippen LogP contribution in [0.2, 0.25) is 0 Å². The fraction of sp³-hybridized carbons (Fsp3) is 0.692. The van der Waals surface area contributed by atoms with Gasteiger partial charge in [0.15, 0.2) is 4.67 Å². The van der Waals surface area contributed by atoms with Crippen LogP contribution >= 0.6 is 15.9 Å². The topological polar surface area (TPSA) is 74.0 Å². The van der Waals surface area contributed by atoms with Crippen LogP contribution in [0.5, 0.6) is 0 Å². The summed E-state index contributed by atoms with van der Waals surface area (Å²) in [5.41, 5.74) is 0. The average Bonchev–Trinajstić information content (AvgIpc) is 2.71. The molecule has 1 aliphatic heterocycles. The summed E-state index contributed by atoms with van der Waals surface area (Å²) in [6, 6.07) is 1.34. The molecule has 1 aromatic heterocycles. The van der Waals surface area contributed by atoms with Gasteiger partial charge >= 0.3 is 0 Å². The Kier molecular flexibility index (Phi) is 5.48. The lowest BCUT2D eigenvalue weighted by atomic mass is 10.2. The number of nitrogens with zero attached hydrogens (tertiary/aromatic N) is 2. The van der Waals surface area contributed by atoms with Crippen LogP contribution in [0.1, 0.15) is 25.5 Å². The molecule has 0 aromatic carbocycles. The third-order valence-corrected chi connectivity index (χ3v) is 6.58. The van der Waals surface area contributed by atoms with E-state index in [0.717, 1.165) is 25.9 Å². The lowest BCUT2D eigenvalue weighted by Crippen LogP contribution is -2.43. The number of hydrogen-bond acceptors (Lipinski definition) is 5. The Bertz CT molecular complexity index is 587. The highest BCUT2D eigenvalue weighted by Crippen LogP contribution is 2.31. The van der Waals surface area contributed by atoms with E-state index in [4.69, 9.17) is 9.52 Å². The van der Waals surface area contributed by atoms with Crippen molar-refractivity contribution in [2.24, 2.45) is 0 Å². The molecule has 0 amide bonds. The van der Waals surface area contributed by atoms with Gasteiger partial charge in [0.05, 0.1) is 0 Å². The standard InChI is InChI=1S/C13H21BrN2O4S/c1-3-10-8-15(2)5-4-6-16(10)21(18,19)12-7-11(9-17)20-13(12)14/h7,10,17H,3-6,8-9H2,1-2H3. The molecule has 2 rings (SSSR count). The van der Waals surface area contributed by atoms with Gasteiger partial charge in [-0.1, -0.05) is 6.92 Å². The molecule has 6 nitrogen and oxygen atoms in total. The SMILES string of the molecule is CCC1CN(C)CCCN1S(=O)(=O)c1cc(CO)oc1Br. The van der Waals surface area contributed by atoms with Crippen molar-refractivity contribution < 1.29 is 17.9 Å². The number of hydrogen-bond donors (Lipinski definition) is 1. The molecule has 1 atom stereocenters. The van der Waals surface area contributed by atoms with Crippen molar-refractivity contribution in [3.05, 3.63) is 16.5 Å². The van der Waals surface area contributed by atoms with Gasteiger partial charge in [-0.05, 0) is 42.4 Å². The molecule has 1 fully saturated rings. The Labute approximate surface area is 133 Å². The highest BCUT2D eigenvalue weighted by Gasteiger charge is 2.35. The van der Waals surface area contributed by atoms with Crippen molar-refractivity contribution >= 4 is 26.0 Å². The maximum Gasteiger partial charge on any atom is 0.247 e. The maximum atomic E-state index is 12.9. The fourth-order valence-corrected chi connectivity index (χ4v) is 5.34. The van der Waals surface area contributed by atoms with Gasteiger partial charge in [-0.3, -0.25) is 0 Å². The smallest absolute Gasteiger partial charge is 0.247 e. The van der Waals surface area contributed by atoms with Gasteiger partial charge in [0, 0.05) is 25.2 Å². The first-order chi connectivity index (χ1) is 9.90. The van der Waals surface area contributed by atoms with E-state index in [-0.39, 0.29) is 28.0 Å². The highest BCUT2D eigenvalue weighted by atomic mass is 79.9. The Hall–Kier alpha value is -0.410. The molecule has 0 saturated carbocycles. The largest absolute Gasteiger partial charge is 0.450 e. The molecule has 21 heavy (non-hydrogen) atoms. The van der Waals surface area contributed by atoms with E-state index in [1.54, 1.807) is 4.31 Å². The van der Waals surface area contributed by atoms with Crippen LogP contribution in [-0.4, -0.2) is 55.5 Å². The van der Waals surface area contributed by atoms with Crippen LogP contribution in [0.25, 0.3) is 0 Å². The third-order valence-electron chi connectivity index (χ3n) is 3.77. The Morgan fingerprint density at radius 1 is 1.48 bits per heavy atom. The number of aliphatic hydroxyl groups is 1. The van der Waals surface area contributed by atoms with Crippen molar-refractivity contribution in [2.75, 3.05) is 26.7 Å². The van der Waals surface area contributed by atoms with Gasteiger partial charge in [-0.2, -0.15) is 4.31 Å². The monoisotopic (exact) mass is 380 g/mol. The number of sulfonamides is 1. The summed E-state index contributed by atoms with van der Waals surface area (Å²) < 4.78 is 32.7. The molecule has 1 unspecified atom stereocenters. The molecule has 0 spiro atoms. The first kappa shape index (κ1) is 17.0. The normalized spacial score (nSPS) is 22.4. The molecule has 1 aromatic rings. The molecule has 0 radical (unpaired) electrons. The Morgan fingerprint density at radius 3 is 2.76 bits per heavy atom. The van der Waals surface area contributed by atoms with Crippen LogP contribution < -0.4 is 0 Å². The van der Waals surface area contributed by atoms with E-state index in [0.29, 0.717) is 6.54 Å². The molecule has 1 saturated heterocycles. The number of aliphatic hydroxyl groups excluding tert-OH is 1. The molecule has 0 bridgehead atoms. The van der Waals surface area contributed by atoms with Crippen molar-refractivity contribution in [1.29, 1.82) is 0 Å². The molecule has 120 valence electrons. The number of halogens is 1. The predicted molar refractivity (Wildman–Crippen MR) is 82.4 cm³/mol. The first-order valence-corrected chi connectivity index (χ1v) is 9.23. The Morgan fingerprint density at radius 2 is 2.19 bits per heavy atom. The summed E-state index contributed by atoms with van der Waals surface area (Å²) in [6.07, 6.45) is 1.56. The van der Waals surface area contributed by atoms with Gasteiger partial charge < -0.3 is 14.4 Å². The molecular weight excluding hydrogens is 360 g/mol. The van der Waals surface area contributed by atoms with Crippen LogP contribution in [-0.2, 0) is 16.6 Å². The van der Waals surface area contributed by atoms with E-state index in [1.807, 2.05) is 14.0 Å². The minimum atomic E-state index is -3.64. The van der Waals surface area contributed by atoms with Crippen molar-refractivity contribution in [2.45, 2.75) is 37.3 Å². The van der Waals surface area contributed by atoms with E-state index < -0.39 is 10.0 Å². The minimum Gasteiger partial charge on any atom is -0.450 e. The number of furan rings is 1. The van der Waals surface area contributed by atoms with Gasteiger partial charge in [0.25, 0.3) is 0 Å². The minimum absolute atomic E-state index is 0.0538. The van der Waals surface area contributed by atoms with Crippen LogP contribution in [0.15, 0.2) is 20.0 Å². The first-order valence-electron chi connectivity index (χ1n) is 6.99. The second-order valence-corrected chi connectivity index (χ2v) is 7.88. The van der Waals surface area contributed by atoms with E-state index in [1.165, 1.54) is 6.07 Å². The van der Waals surface area contributed by atoms with Crippen LogP contribution in [0.4, 0.5) is 0 Å². The molecule has 1 aliphatic rings. The van der Waals surface area contributed by atoms with Gasteiger partial charge in [0.1, 0.15) is 17.3 Å². The van der Waals surface area contributed by atoms with Crippen molar-refractivity contribution in [1.82, 2.24) is 9.21 Å². The number of likely N-dealkylation sites (N-methyl/N-ethyl adjacent to an activating group) is 1. The quantitative estimate of drug-likeness (QED) is 0.859. The van der Waals surface area contributed by atoms with E-state index >= 15 is 0 Å². The number of rotatable bonds is 4. The summed E-state index contributed by atoms with van der Waals surface area (Å²) in [5.74, 6) is 0.237. The second-order valence-electron chi connectivity index (χ2n) is 5.30. The van der Waals surface area contributed by atoms with Gasteiger partial charge in [0.2, 0.25) is 10.0 Å². The predicted octanol–water partition coefficient (Wildman–Crippen LogP) is 1.64. The van der Waals surface area contributed by atoms with Crippen molar-refractivity contribution in [3.8, 4) is 0 Å². The zero-order valence-electron chi connectivity index (χ0n) is 12.2. The van der Waals surface area contributed by atoms with Crippen LogP contribution in [0.3, 0.4) is 0 Å². The maximum absolute atomic E-state index is 12.9.